The summed E-state index contributed by atoms with van der Waals surface area (Å²) in [6.45, 7) is 11.8. The second-order valence-electron chi connectivity index (χ2n) is 11.5. The maximum Gasteiger partial charge on any atom is 0.336 e. The van der Waals surface area contributed by atoms with Crippen molar-refractivity contribution in [2.24, 2.45) is 0 Å². The minimum atomic E-state index is -1.37. The van der Waals surface area contributed by atoms with Crippen LogP contribution < -0.4 is 9.47 Å². The average Bonchev–Trinajstić information content (AvgIpc) is 3.01. The molecule has 0 spiro atoms. The van der Waals surface area contributed by atoms with Crippen LogP contribution in [-0.2, 0) is 5.41 Å². The molecule has 4 rings (SSSR count). The van der Waals surface area contributed by atoms with Crippen molar-refractivity contribution in [3.05, 3.63) is 116 Å². The first-order valence-electron chi connectivity index (χ1n) is 14.9. The highest BCUT2D eigenvalue weighted by Crippen LogP contribution is 2.44. The minimum Gasteiger partial charge on any atom is -0.478 e. The van der Waals surface area contributed by atoms with Crippen LogP contribution in [0.5, 0.6) is 23.0 Å². The number of carboxylic acids is 4. The van der Waals surface area contributed by atoms with Gasteiger partial charge in [0.15, 0.2) is 0 Å². The van der Waals surface area contributed by atoms with E-state index in [4.69, 9.17) is 9.47 Å². The number of ether oxygens (including phenoxy) is 2. The number of carbonyl (C=O) groups is 4. The Morgan fingerprint density at radius 2 is 0.809 bits per heavy atom. The third-order valence-corrected chi connectivity index (χ3v) is 8.58. The molecule has 0 fully saturated rings. The maximum absolute atomic E-state index is 11.7. The first-order chi connectivity index (χ1) is 22.1. The predicted molar refractivity (Wildman–Crippen MR) is 174 cm³/mol. The lowest BCUT2D eigenvalue weighted by Gasteiger charge is -2.35. The second kappa shape index (κ2) is 13.4. The molecule has 4 N–H and O–H groups in total. The van der Waals surface area contributed by atoms with Gasteiger partial charge in [-0.05, 0) is 110 Å². The molecule has 10 heteroatoms. The normalized spacial score (nSPS) is 11.2. The van der Waals surface area contributed by atoms with Crippen molar-refractivity contribution in [3.63, 3.8) is 0 Å². The van der Waals surface area contributed by atoms with Crippen LogP contribution in [-0.4, -0.2) is 44.3 Å². The van der Waals surface area contributed by atoms with E-state index < -0.39 is 29.3 Å². The summed E-state index contributed by atoms with van der Waals surface area (Å²) in [7, 11) is 0. The van der Waals surface area contributed by atoms with Gasteiger partial charge in [0.05, 0.1) is 22.3 Å². The Morgan fingerprint density at radius 3 is 1.06 bits per heavy atom. The molecule has 0 heterocycles. The van der Waals surface area contributed by atoms with Crippen molar-refractivity contribution >= 4 is 23.9 Å². The number of hydrogen-bond donors (Lipinski definition) is 4. The van der Waals surface area contributed by atoms with Crippen LogP contribution in [0.25, 0.3) is 0 Å². The molecule has 4 aromatic rings. The van der Waals surface area contributed by atoms with Crippen molar-refractivity contribution in [1.29, 1.82) is 0 Å². The van der Waals surface area contributed by atoms with E-state index >= 15 is 0 Å². The molecule has 10 nitrogen and oxygen atoms in total. The van der Waals surface area contributed by atoms with Crippen LogP contribution in [0.4, 0.5) is 0 Å². The van der Waals surface area contributed by atoms with Crippen LogP contribution in [0.1, 0.15) is 102 Å². The molecule has 0 atom stereocenters. The highest BCUT2D eigenvalue weighted by molar-refractivity contribution is 6.02. The first-order valence-corrected chi connectivity index (χ1v) is 14.9. The van der Waals surface area contributed by atoms with Gasteiger partial charge in [0.25, 0.3) is 0 Å². The zero-order chi connectivity index (χ0) is 34.8. The van der Waals surface area contributed by atoms with Gasteiger partial charge in [-0.15, -0.1) is 0 Å². The van der Waals surface area contributed by atoms with Gasteiger partial charge in [0.1, 0.15) is 23.0 Å². The number of carboxylic acid groups (broad SMARTS) is 4. The molecule has 0 aliphatic heterocycles. The Hall–Kier alpha value is -5.64. The number of benzene rings is 4. The Labute approximate surface area is 271 Å². The summed E-state index contributed by atoms with van der Waals surface area (Å²) < 4.78 is 12.2. The van der Waals surface area contributed by atoms with Crippen LogP contribution in [0.2, 0.25) is 0 Å². The quantitative estimate of drug-likeness (QED) is 0.118. The number of aryl methyl sites for hydroxylation is 4. The van der Waals surface area contributed by atoms with Crippen LogP contribution in [0, 0.1) is 27.7 Å². The number of hydrogen-bond acceptors (Lipinski definition) is 6. The van der Waals surface area contributed by atoms with Gasteiger partial charge in [-0.3, -0.25) is 0 Å². The van der Waals surface area contributed by atoms with Crippen molar-refractivity contribution in [3.8, 4) is 23.0 Å². The fourth-order valence-corrected chi connectivity index (χ4v) is 6.14. The van der Waals surface area contributed by atoms with Gasteiger partial charge in [-0.1, -0.05) is 38.1 Å². The number of aromatic carboxylic acids is 4. The molecule has 0 amide bonds. The summed E-state index contributed by atoms with van der Waals surface area (Å²) in [4.78, 5) is 46.3. The summed E-state index contributed by atoms with van der Waals surface area (Å²) in [6.07, 6.45) is 1.53. The Morgan fingerprint density at radius 1 is 0.511 bits per heavy atom. The lowest BCUT2D eigenvalue weighted by molar-refractivity contribution is 0.0651. The molecule has 4 aromatic carbocycles. The van der Waals surface area contributed by atoms with E-state index in [2.05, 4.69) is 13.8 Å². The molecule has 0 aromatic heterocycles. The minimum absolute atomic E-state index is 0.207. The van der Waals surface area contributed by atoms with E-state index in [1.54, 1.807) is 0 Å². The zero-order valence-electron chi connectivity index (χ0n) is 26.9. The summed E-state index contributed by atoms with van der Waals surface area (Å²) >= 11 is 0. The molecular formula is C37H36O10. The molecule has 0 unspecified atom stereocenters. The van der Waals surface area contributed by atoms with E-state index in [-0.39, 0.29) is 33.8 Å². The molecular weight excluding hydrogens is 604 g/mol. The highest BCUT2D eigenvalue weighted by atomic mass is 16.5. The van der Waals surface area contributed by atoms with E-state index in [0.717, 1.165) is 46.2 Å². The van der Waals surface area contributed by atoms with Crippen LogP contribution in [0.15, 0.2) is 60.7 Å². The van der Waals surface area contributed by atoms with Crippen molar-refractivity contribution in [2.75, 3.05) is 0 Å². The average molecular weight is 641 g/mol. The molecule has 244 valence electrons. The Kier molecular flexibility index (Phi) is 9.75. The van der Waals surface area contributed by atoms with E-state index in [1.165, 1.54) is 36.4 Å². The zero-order valence-corrected chi connectivity index (χ0v) is 26.9. The van der Waals surface area contributed by atoms with E-state index in [9.17, 15) is 39.6 Å². The van der Waals surface area contributed by atoms with Gasteiger partial charge < -0.3 is 29.9 Å². The van der Waals surface area contributed by atoms with Crippen molar-refractivity contribution < 1.29 is 49.1 Å². The molecule has 0 aliphatic rings. The SMILES string of the molecule is CCC(CC)(c1cc(C)c(Oc2ccc(C(=O)O)c(C(=O)O)c2)c(C)c1)c1cc(C)c(Oc2ccc(C(=O)O)c(C(=O)O)c2)c(C)c1. The summed E-state index contributed by atoms with van der Waals surface area (Å²) in [5.41, 5.74) is 3.60. The van der Waals surface area contributed by atoms with Crippen molar-refractivity contribution in [1.82, 2.24) is 0 Å². The lowest BCUT2D eigenvalue weighted by Crippen LogP contribution is -2.27. The van der Waals surface area contributed by atoms with Gasteiger partial charge in [0, 0.05) is 5.41 Å². The predicted octanol–water partition coefficient (Wildman–Crippen LogP) is 8.40. The largest absolute Gasteiger partial charge is 0.478 e. The van der Waals surface area contributed by atoms with E-state index in [0.29, 0.717) is 11.5 Å². The smallest absolute Gasteiger partial charge is 0.336 e. The van der Waals surface area contributed by atoms with Crippen molar-refractivity contribution in [2.45, 2.75) is 59.8 Å². The lowest BCUT2D eigenvalue weighted by atomic mass is 9.69. The van der Waals surface area contributed by atoms with Crippen LogP contribution in [0.3, 0.4) is 0 Å². The summed E-state index contributed by atoms with van der Waals surface area (Å²) in [5.74, 6) is -3.91. The molecule has 47 heavy (non-hydrogen) atoms. The molecule has 0 radical (unpaired) electrons. The summed E-state index contributed by atoms with van der Waals surface area (Å²) in [5, 5.41) is 37.8. The molecule has 0 saturated carbocycles. The fraction of sp³-hybridized carbons (Fsp3) is 0.243. The first kappa shape index (κ1) is 34.2. The third kappa shape index (κ3) is 6.67. The fourth-order valence-electron chi connectivity index (χ4n) is 6.14. The molecule has 0 saturated heterocycles. The summed E-state index contributed by atoms with van der Waals surface area (Å²) in [6, 6.07) is 15.9. The molecule has 0 bridgehead atoms. The topological polar surface area (TPSA) is 168 Å². The third-order valence-electron chi connectivity index (χ3n) is 8.58. The molecule has 0 aliphatic carbocycles. The maximum atomic E-state index is 11.7. The van der Waals surface area contributed by atoms with Crippen LogP contribution >= 0.6 is 0 Å². The number of rotatable bonds is 12. The van der Waals surface area contributed by atoms with Gasteiger partial charge >= 0.3 is 23.9 Å². The Balaban J connectivity index is 1.72. The Bertz CT molecular complexity index is 1740. The van der Waals surface area contributed by atoms with Gasteiger partial charge in [-0.2, -0.15) is 0 Å². The van der Waals surface area contributed by atoms with Gasteiger partial charge in [-0.25, -0.2) is 19.2 Å². The highest BCUT2D eigenvalue weighted by Gasteiger charge is 2.33. The standard InChI is InChI=1S/C37H36O10/c1-7-37(8-2,23-13-19(3)31(20(4)14-23)46-25-9-11-27(33(38)39)29(17-25)35(42)43)24-15-21(5)32(22(6)16-24)47-26-10-12-28(34(40)41)30(18-26)36(44)45/h9-18H,7-8H2,1-6H3,(H,38,39)(H,40,41)(H,42,43)(H,44,45). The second-order valence-corrected chi connectivity index (χ2v) is 11.5. The van der Waals surface area contributed by atoms with Gasteiger partial charge in [0.2, 0.25) is 0 Å². The van der Waals surface area contributed by atoms with E-state index in [1.807, 2.05) is 52.0 Å². The monoisotopic (exact) mass is 640 g/mol.